The van der Waals surface area contributed by atoms with Crippen molar-refractivity contribution in [1.82, 2.24) is 4.72 Å². The van der Waals surface area contributed by atoms with E-state index in [1.165, 1.54) is 24.3 Å². The average molecular weight is 282 g/mol. The molecule has 0 aliphatic rings. The van der Waals surface area contributed by atoms with Crippen molar-refractivity contribution < 1.29 is 18.0 Å². The van der Waals surface area contributed by atoms with Gasteiger partial charge in [-0.3, -0.25) is 4.79 Å². The number of sulfonamides is 1. The van der Waals surface area contributed by atoms with Crippen LogP contribution in [0.4, 0.5) is 10.5 Å². The monoisotopic (exact) mass is 282 g/mol. The van der Waals surface area contributed by atoms with Crippen LogP contribution in [0.25, 0.3) is 0 Å². The second-order valence-electron chi connectivity index (χ2n) is 3.38. The van der Waals surface area contributed by atoms with Crippen LogP contribution in [0.3, 0.4) is 0 Å². The van der Waals surface area contributed by atoms with Crippen molar-refractivity contribution >= 4 is 27.6 Å². The Kier molecular flexibility index (Phi) is 4.44. The van der Waals surface area contributed by atoms with Crippen molar-refractivity contribution in [3.05, 3.63) is 24.3 Å². The third-order valence-electron chi connectivity index (χ3n) is 1.92. The van der Waals surface area contributed by atoms with Crippen molar-refractivity contribution in [3.8, 4) is 6.07 Å². The molecule has 0 spiro atoms. The van der Waals surface area contributed by atoms with Crippen LogP contribution < -0.4 is 15.8 Å². The molecule has 9 heteroatoms. The fraction of sp³-hybridized carbons (Fsp3) is 0.100. The average Bonchev–Trinajstić information content (AvgIpc) is 2.28. The summed E-state index contributed by atoms with van der Waals surface area (Å²) in [5.74, 6) is -0.506. The number of nitrogens with two attached hydrogens (primary N) is 1. The lowest BCUT2D eigenvalue weighted by Crippen LogP contribution is -2.34. The van der Waals surface area contributed by atoms with Gasteiger partial charge in [0.2, 0.25) is 5.91 Å². The number of carbonyl (C=O) groups excluding carboxylic acids is 2. The van der Waals surface area contributed by atoms with E-state index in [1.54, 1.807) is 10.8 Å². The quantitative estimate of drug-likeness (QED) is 0.706. The van der Waals surface area contributed by atoms with Crippen molar-refractivity contribution in [2.45, 2.75) is 11.3 Å². The Hall–Kier alpha value is -2.60. The molecule has 0 unspecified atom stereocenters. The van der Waals surface area contributed by atoms with Gasteiger partial charge in [0.25, 0.3) is 10.0 Å². The van der Waals surface area contributed by atoms with Gasteiger partial charge in [-0.15, -0.1) is 0 Å². The van der Waals surface area contributed by atoms with Gasteiger partial charge in [-0.25, -0.2) is 17.9 Å². The number of hydrogen-bond donors (Lipinski definition) is 3. The van der Waals surface area contributed by atoms with Crippen LogP contribution in [-0.2, 0) is 14.8 Å². The summed E-state index contributed by atoms with van der Waals surface area (Å²) in [6.45, 7) is 0. The number of rotatable bonds is 4. The number of primary amides is 1. The molecule has 0 saturated carbocycles. The molecular weight excluding hydrogens is 272 g/mol. The fourth-order valence-electron chi connectivity index (χ4n) is 1.19. The van der Waals surface area contributed by atoms with Gasteiger partial charge >= 0.3 is 6.03 Å². The maximum Gasteiger partial charge on any atom is 0.326 e. The van der Waals surface area contributed by atoms with Gasteiger partial charge in [-0.2, -0.15) is 5.26 Å². The van der Waals surface area contributed by atoms with Gasteiger partial charge in [0, 0.05) is 5.69 Å². The Balaban J connectivity index is 2.85. The Bertz CT molecular complexity index is 630. The molecule has 1 rings (SSSR count). The lowest BCUT2D eigenvalue weighted by molar-refractivity contribution is -0.115. The summed E-state index contributed by atoms with van der Waals surface area (Å²) in [6, 6.07) is 5.51. The summed E-state index contributed by atoms with van der Waals surface area (Å²) in [5.41, 5.74) is 5.06. The second kappa shape index (κ2) is 5.83. The van der Waals surface area contributed by atoms with E-state index in [0.29, 0.717) is 5.69 Å². The summed E-state index contributed by atoms with van der Waals surface area (Å²) in [6.07, 6.45) is -0.302. The summed E-state index contributed by atoms with van der Waals surface area (Å²) in [4.78, 5) is 21.5. The van der Waals surface area contributed by atoms with E-state index in [-0.39, 0.29) is 11.3 Å². The number of anilines is 1. The van der Waals surface area contributed by atoms with Gasteiger partial charge in [-0.05, 0) is 24.3 Å². The maximum atomic E-state index is 11.5. The molecule has 0 saturated heterocycles. The number of amides is 3. The molecule has 1 aromatic carbocycles. The first-order valence-electron chi connectivity index (χ1n) is 4.94. The highest BCUT2D eigenvalue weighted by Gasteiger charge is 2.15. The van der Waals surface area contributed by atoms with Gasteiger partial charge < -0.3 is 11.1 Å². The molecule has 0 radical (unpaired) electrons. The zero-order valence-electron chi connectivity index (χ0n) is 9.58. The SMILES string of the molecule is N#CCC(=O)Nc1ccc(S(=O)(=O)NC(N)=O)cc1. The van der Waals surface area contributed by atoms with Gasteiger partial charge in [0.1, 0.15) is 6.42 Å². The van der Waals surface area contributed by atoms with E-state index in [0.717, 1.165) is 0 Å². The molecule has 0 aliphatic carbocycles. The summed E-state index contributed by atoms with van der Waals surface area (Å²) < 4.78 is 24.7. The molecule has 19 heavy (non-hydrogen) atoms. The van der Waals surface area contributed by atoms with Crippen LogP contribution in [0.2, 0.25) is 0 Å². The van der Waals surface area contributed by atoms with Crippen LogP contribution in [0.15, 0.2) is 29.2 Å². The van der Waals surface area contributed by atoms with Crippen LogP contribution >= 0.6 is 0 Å². The first-order chi connectivity index (χ1) is 8.85. The summed E-state index contributed by atoms with van der Waals surface area (Å²) in [5, 5.41) is 10.7. The first kappa shape index (κ1) is 14.5. The van der Waals surface area contributed by atoms with Gasteiger partial charge in [0.15, 0.2) is 0 Å². The lowest BCUT2D eigenvalue weighted by atomic mass is 10.3. The van der Waals surface area contributed by atoms with Crippen LogP contribution in [0.1, 0.15) is 6.42 Å². The van der Waals surface area contributed by atoms with E-state index in [2.05, 4.69) is 5.32 Å². The second-order valence-corrected chi connectivity index (χ2v) is 5.06. The molecule has 3 amide bonds. The third kappa shape index (κ3) is 4.29. The Morgan fingerprint density at radius 2 is 1.84 bits per heavy atom. The minimum absolute atomic E-state index is 0.176. The van der Waals surface area contributed by atoms with E-state index in [1.807, 2.05) is 0 Å². The number of benzene rings is 1. The molecule has 0 bridgehead atoms. The fourth-order valence-corrected chi connectivity index (χ4v) is 2.06. The Labute approximate surface area is 109 Å². The number of nitrogens with one attached hydrogen (secondary N) is 2. The molecule has 1 aromatic rings. The first-order valence-corrected chi connectivity index (χ1v) is 6.42. The van der Waals surface area contributed by atoms with E-state index in [4.69, 9.17) is 11.0 Å². The predicted octanol–water partition coefficient (Wildman–Crippen LogP) is -0.104. The number of hydrogen-bond acceptors (Lipinski definition) is 5. The van der Waals surface area contributed by atoms with E-state index in [9.17, 15) is 18.0 Å². The van der Waals surface area contributed by atoms with E-state index >= 15 is 0 Å². The molecule has 0 heterocycles. The number of carbonyl (C=O) groups is 2. The minimum atomic E-state index is -4.00. The number of urea groups is 1. The molecule has 8 nitrogen and oxygen atoms in total. The lowest BCUT2D eigenvalue weighted by Gasteiger charge is -2.06. The van der Waals surface area contributed by atoms with Crippen molar-refractivity contribution in [2.75, 3.05) is 5.32 Å². The zero-order valence-corrected chi connectivity index (χ0v) is 10.4. The highest BCUT2D eigenvalue weighted by molar-refractivity contribution is 7.90. The Morgan fingerprint density at radius 3 is 2.32 bits per heavy atom. The summed E-state index contributed by atoms with van der Waals surface area (Å²) in [7, 11) is -4.00. The molecule has 0 aliphatic heterocycles. The Morgan fingerprint density at radius 1 is 1.26 bits per heavy atom. The molecule has 0 fully saturated rings. The normalized spacial score (nSPS) is 10.3. The largest absolute Gasteiger partial charge is 0.351 e. The highest BCUT2D eigenvalue weighted by Crippen LogP contribution is 2.13. The summed E-state index contributed by atoms with van der Waals surface area (Å²) >= 11 is 0. The van der Waals surface area contributed by atoms with Crippen LogP contribution in [0, 0.1) is 11.3 Å². The highest BCUT2D eigenvalue weighted by atomic mass is 32.2. The van der Waals surface area contributed by atoms with E-state index < -0.39 is 22.0 Å². The molecule has 0 aromatic heterocycles. The van der Waals surface area contributed by atoms with Crippen molar-refractivity contribution in [2.24, 2.45) is 5.73 Å². The minimum Gasteiger partial charge on any atom is -0.351 e. The molecule has 0 atom stereocenters. The maximum absolute atomic E-state index is 11.5. The standard InChI is InChI=1S/C10H10N4O4S/c11-6-5-9(15)13-7-1-3-8(4-2-7)19(17,18)14-10(12)16/h1-4H,5H2,(H,13,15)(H3,12,14,16). The topological polar surface area (TPSA) is 142 Å². The molecule has 100 valence electrons. The number of nitrogens with zero attached hydrogens (tertiary/aromatic N) is 1. The van der Waals surface area contributed by atoms with Crippen LogP contribution in [-0.4, -0.2) is 20.4 Å². The molecular formula is C10H10N4O4S. The number of nitriles is 1. The third-order valence-corrected chi connectivity index (χ3v) is 3.29. The van der Waals surface area contributed by atoms with Gasteiger partial charge in [-0.1, -0.05) is 0 Å². The van der Waals surface area contributed by atoms with Crippen LogP contribution in [0.5, 0.6) is 0 Å². The molecule has 4 N–H and O–H groups in total. The van der Waals surface area contributed by atoms with Gasteiger partial charge in [0.05, 0.1) is 11.0 Å². The van der Waals surface area contributed by atoms with Crippen molar-refractivity contribution in [3.63, 3.8) is 0 Å². The smallest absolute Gasteiger partial charge is 0.326 e. The van der Waals surface area contributed by atoms with Crippen molar-refractivity contribution in [1.29, 1.82) is 5.26 Å². The zero-order chi connectivity index (χ0) is 14.5. The predicted molar refractivity (Wildman–Crippen MR) is 65.2 cm³/mol.